The fraction of sp³-hybridized carbons (Fsp3) is 0.474. The summed E-state index contributed by atoms with van der Waals surface area (Å²) < 4.78 is 43.3. The van der Waals surface area contributed by atoms with Crippen molar-refractivity contribution in [3.05, 3.63) is 51.5 Å². The smallest absolute Gasteiger partial charge is 0.377 e. The third kappa shape index (κ3) is 7.12. The van der Waals surface area contributed by atoms with Gasteiger partial charge in [0.1, 0.15) is 0 Å². The number of aromatic nitrogens is 1. The Morgan fingerprint density at radius 1 is 1.18 bits per heavy atom. The van der Waals surface area contributed by atoms with E-state index in [0.717, 1.165) is 27.8 Å². The zero-order chi connectivity index (χ0) is 20.4. The van der Waals surface area contributed by atoms with E-state index in [1.54, 1.807) is 0 Å². The number of halogens is 3. The van der Waals surface area contributed by atoms with Crippen molar-refractivity contribution < 1.29 is 17.9 Å². The predicted octanol–water partition coefficient (Wildman–Crippen LogP) is 4.00. The van der Waals surface area contributed by atoms with E-state index in [1.807, 2.05) is 38.1 Å². The van der Waals surface area contributed by atoms with Crippen molar-refractivity contribution in [3.63, 3.8) is 0 Å². The van der Waals surface area contributed by atoms with E-state index < -0.39 is 11.9 Å². The summed E-state index contributed by atoms with van der Waals surface area (Å²) in [7, 11) is 0. The highest BCUT2D eigenvalue weighted by Gasteiger charge is 2.33. The van der Waals surface area contributed by atoms with Crippen LogP contribution < -0.4 is 10.6 Å². The van der Waals surface area contributed by atoms with Crippen LogP contribution >= 0.6 is 11.3 Å². The molecule has 9 heteroatoms. The second-order valence-electron chi connectivity index (χ2n) is 5.90. The third-order valence-corrected chi connectivity index (χ3v) is 4.71. The lowest BCUT2D eigenvalue weighted by atomic mass is 10.1. The van der Waals surface area contributed by atoms with Crippen molar-refractivity contribution >= 4 is 17.3 Å². The normalized spacial score (nSPS) is 12.2. The molecule has 0 aliphatic heterocycles. The van der Waals surface area contributed by atoms with E-state index in [2.05, 4.69) is 20.6 Å². The molecule has 0 fully saturated rings. The third-order valence-electron chi connectivity index (χ3n) is 3.81. The largest absolute Gasteiger partial charge is 0.434 e. The molecule has 0 atom stereocenters. The molecule has 0 aliphatic rings. The molecule has 2 rings (SSSR count). The molecule has 0 aliphatic carbocycles. The van der Waals surface area contributed by atoms with Crippen LogP contribution in [0.15, 0.2) is 34.6 Å². The molecule has 0 spiro atoms. The fourth-order valence-corrected chi connectivity index (χ4v) is 3.22. The van der Waals surface area contributed by atoms with Crippen molar-refractivity contribution in [1.82, 2.24) is 15.6 Å². The van der Waals surface area contributed by atoms with Gasteiger partial charge in [-0.3, -0.25) is 0 Å². The summed E-state index contributed by atoms with van der Waals surface area (Å²) in [6.45, 7) is 6.70. The van der Waals surface area contributed by atoms with E-state index in [9.17, 15) is 13.2 Å². The Morgan fingerprint density at radius 3 is 2.57 bits per heavy atom. The molecule has 0 unspecified atom stereocenters. The maximum Gasteiger partial charge on any atom is 0.434 e. The summed E-state index contributed by atoms with van der Waals surface area (Å²) in [6, 6.07) is 7.95. The number of benzene rings is 1. The van der Waals surface area contributed by atoms with Gasteiger partial charge in [0.2, 0.25) is 0 Å². The molecule has 1 aromatic carbocycles. The first kappa shape index (κ1) is 22.2. The van der Waals surface area contributed by atoms with Crippen LogP contribution in [0.25, 0.3) is 0 Å². The highest BCUT2D eigenvalue weighted by Crippen LogP contribution is 2.29. The number of ether oxygens (including phenoxy) is 1. The molecule has 0 saturated heterocycles. The van der Waals surface area contributed by atoms with Gasteiger partial charge in [-0.2, -0.15) is 13.2 Å². The Morgan fingerprint density at radius 2 is 1.93 bits per heavy atom. The maximum atomic E-state index is 12.6. The molecule has 2 aromatic rings. The van der Waals surface area contributed by atoms with E-state index in [-0.39, 0.29) is 0 Å². The molecule has 0 radical (unpaired) electrons. The van der Waals surface area contributed by atoms with Crippen LogP contribution in [0.5, 0.6) is 0 Å². The first-order valence-electron chi connectivity index (χ1n) is 9.12. The van der Waals surface area contributed by atoms with E-state index in [1.165, 1.54) is 0 Å². The Kier molecular flexibility index (Phi) is 8.72. The average molecular weight is 414 g/mol. The van der Waals surface area contributed by atoms with Gasteiger partial charge in [-0.1, -0.05) is 24.3 Å². The zero-order valence-electron chi connectivity index (χ0n) is 16.0. The van der Waals surface area contributed by atoms with Gasteiger partial charge in [0.05, 0.1) is 18.2 Å². The van der Waals surface area contributed by atoms with E-state index in [0.29, 0.717) is 50.2 Å². The second-order valence-corrected chi connectivity index (χ2v) is 6.84. The Bertz CT molecular complexity index is 762. The Balaban J connectivity index is 1.93. The SMILES string of the molecule is CCNC(=NCc1ccccc1COCC)NCCc1nc(C(F)(F)F)cs1. The molecule has 0 amide bonds. The second kappa shape index (κ2) is 11.0. The average Bonchev–Trinajstić information content (AvgIpc) is 3.14. The van der Waals surface area contributed by atoms with Crippen LogP contribution in [-0.4, -0.2) is 30.6 Å². The highest BCUT2D eigenvalue weighted by molar-refractivity contribution is 7.09. The van der Waals surface area contributed by atoms with Crippen molar-refractivity contribution in [2.45, 2.75) is 39.6 Å². The number of alkyl halides is 3. The monoisotopic (exact) mass is 414 g/mol. The number of nitrogens with one attached hydrogen (secondary N) is 2. The van der Waals surface area contributed by atoms with Gasteiger partial charge in [-0.15, -0.1) is 11.3 Å². The number of thiazole rings is 1. The van der Waals surface area contributed by atoms with E-state index >= 15 is 0 Å². The van der Waals surface area contributed by atoms with Crippen LogP contribution in [0.1, 0.15) is 35.7 Å². The molecule has 5 nitrogen and oxygen atoms in total. The molecule has 28 heavy (non-hydrogen) atoms. The quantitative estimate of drug-likeness (QED) is 0.481. The summed E-state index contributed by atoms with van der Waals surface area (Å²) in [5.41, 5.74) is 1.33. The number of aliphatic imine (C=N–C) groups is 1. The van der Waals surface area contributed by atoms with Crippen molar-refractivity contribution in [1.29, 1.82) is 0 Å². The first-order valence-corrected chi connectivity index (χ1v) is 10.00. The minimum atomic E-state index is -4.40. The number of guanidine groups is 1. The molecule has 1 heterocycles. The van der Waals surface area contributed by atoms with Crippen LogP contribution in [0.2, 0.25) is 0 Å². The number of hydrogen-bond acceptors (Lipinski definition) is 4. The van der Waals surface area contributed by atoms with Gasteiger partial charge in [-0.05, 0) is 25.0 Å². The zero-order valence-corrected chi connectivity index (χ0v) is 16.8. The fourth-order valence-electron chi connectivity index (χ4n) is 2.41. The molecule has 2 N–H and O–H groups in total. The highest BCUT2D eigenvalue weighted by atomic mass is 32.1. The van der Waals surface area contributed by atoms with Crippen LogP contribution in [0.3, 0.4) is 0 Å². The minimum absolute atomic E-state index is 0.395. The summed E-state index contributed by atoms with van der Waals surface area (Å²) in [6.07, 6.45) is -4.00. The van der Waals surface area contributed by atoms with Gasteiger partial charge in [0, 0.05) is 31.5 Å². The van der Waals surface area contributed by atoms with Crippen LogP contribution in [0, 0.1) is 0 Å². The van der Waals surface area contributed by atoms with Gasteiger partial charge >= 0.3 is 6.18 Å². The van der Waals surface area contributed by atoms with Gasteiger partial charge in [0.15, 0.2) is 11.7 Å². The number of hydrogen-bond donors (Lipinski definition) is 2. The summed E-state index contributed by atoms with van der Waals surface area (Å²) in [4.78, 5) is 8.21. The van der Waals surface area contributed by atoms with Crippen molar-refractivity contribution in [3.8, 4) is 0 Å². The number of nitrogens with zero attached hydrogens (tertiary/aromatic N) is 2. The predicted molar refractivity (Wildman–Crippen MR) is 105 cm³/mol. The summed E-state index contributed by atoms with van der Waals surface area (Å²) in [5, 5.41) is 7.77. The molecule has 154 valence electrons. The molecule has 0 saturated carbocycles. The van der Waals surface area contributed by atoms with Gasteiger partial charge in [0.25, 0.3) is 0 Å². The molecule has 0 bridgehead atoms. The molecular weight excluding hydrogens is 389 g/mol. The molecular formula is C19H25F3N4OS. The lowest BCUT2D eigenvalue weighted by molar-refractivity contribution is -0.140. The minimum Gasteiger partial charge on any atom is -0.377 e. The maximum absolute atomic E-state index is 12.6. The lowest BCUT2D eigenvalue weighted by Crippen LogP contribution is -2.38. The topological polar surface area (TPSA) is 58.5 Å². The molecule has 1 aromatic heterocycles. The Labute approximate surface area is 167 Å². The standard InChI is InChI=1S/C19H25F3N4OS/c1-3-23-18(24-10-9-17-26-16(13-28-17)19(20,21)22)25-11-14-7-5-6-8-15(14)12-27-4-2/h5-8,13H,3-4,9-12H2,1-2H3,(H2,23,24,25). The van der Waals surface area contributed by atoms with Gasteiger partial charge < -0.3 is 15.4 Å². The lowest BCUT2D eigenvalue weighted by Gasteiger charge is -2.12. The Hall–Kier alpha value is -2.13. The summed E-state index contributed by atoms with van der Waals surface area (Å²) in [5.74, 6) is 0.612. The van der Waals surface area contributed by atoms with E-state index in [4.69, 9.17) is 4.74 Å². The van der Waals surface area contributed by atoms with Crippen LogP contribution in [0.4, 0.5) is 13.2 Å². The number of rotatable bonds is 9. The van der Waals surface area contributed by atoms with Crippen molar-refractivity contribution in [2.24, 2.45) is 4.99 Å². The summed E-state index contributed by atoms with van der Waals surface area (Å²) >= 11 is 1.02. The van der Waals surface area contributed by atoms with Crippen molar-refractivity contribution in [2.75, 3.05) is 19.7 Å². The van der Waals surface area contributed by atoms with Crippen LogP contribution in [-0.2, 0) is 30.5 Å². The van der Waals surface area contributed by atoms with Gasteiger partial charge in [-0.25, -0.2) is 9.98 Å². The first-order chi connectivity index (χ1) is 13.4.